The van der Waals surface area contributed by atoms with Crippen molar-refractivity contribution in [3.05, 3.63) is 36.5 Å². The molecule has 2 nitrogen and oxygen atoms in total. The predicted octanol–water partition coefficient (Wildman–Crippen LogP) is 5.01. The van der Waals surface area contributed by atoms with Crippen LogP contribution in [0.25, 0.3) is 0 Å². The van der Waals surface area contributed by atoms with Gasteiger partial charge in [0.15, 0.2) is 0 Å². The van der Waals surface area contributed by atoms with Crippen molar-refractivity contribution in [2.24, 2.45) is 10.8 Å². The van der Waals surface area contributed by atoms with Gasteiger partial charge < -0.3 is 9.53 Å². The van der Waals surface area contributed by atoms with Gasteiger partial charge in [0.2, 0.25) is 0 Å². The van der Waals surface area contributed by atoms with E-state index in [0.717, 1.165) is 6.29 Å². The highest BCUT2D eigenvalue weighted by molar-refractivity contribution is 6.78. The van der Waals surface area contributed by atoms with Crippen LogP contribution in [0, 0.1) is 10.8 Å². The van der Waals surface area contributed by atoms with Crippen LogP contribution in [-0.2, 0) is 9.53 Å². The van der Waals surface area contributed by atoms with Crippen molar-refractivity contribution >= 4 is 14.4 Å². The molecule has 1 aliphatic carbocycles. The van der Waals surface area contributed by atoms with Crippen molar-refractivity contribution in [1.82, 2.24) is 0 Å². The lowest BCUT2D eigenvalue weighted by Gasteiger charge is -2.32. The van der Waals surface area contributed by atoms with Gasteiger partial charge in [-0.25, -0.2) is 0 Å². The number of rotatable bonds is 7. The van der Waals surface area contributed by atoms with E-state index in [4.69, 9.17) is 4.74 Å². The minimum absolute atomic E-state index is 0.0639. The lowest BCUT2D eigenvalue weighted by Crippen LogP contribution is -2.30. The first-order chi connectivity index (χ1) is 10.0. The average molecular weight is 321 g/mol. The number of carbonyl (C=O) groups excluding carboxylic acids is 1. The Morgan fingerprint density at radius 1 is 1.27 bits per heavy atom. The summed E-state index contributed by atoms with van der Waals surface area (Å²) < 4.78 is 5.59. The molecule has 124 valence electrons. The highest BCUT2D eigenvalue weighted by Gasteiger charge is 2.30. The topological polar surface area (TPSA) is 26.3 Å². The Kier molecular flexibility index (Phi) is 6.16. The summed E-state index contributed by atoms with van der Waals surface area (Å²) in [5.41, 5.74) is 0.356. The van der Waals surface area contributed by atoms with Gasteiger partial charge >= 0.3 is 0 Å². The summed E-state index contributed by atoms with van der Waals surface area (Å²) in [5.74, 6) is 0. The fourth-order valence-electron chi connectivity index (χ4n) is 2.71. The van der Waals surface area contributed by atoms with Crippen LogP contribution in [0.2, 0.25) is 25.2 Å². The fraction of sp³-hybridized carbons (Fsp3) is 0.632. The molecule has 0 amide bonds. The zero-order valence-corrected chi connectivity index (χ0v) is 16.2. The van der Waals surface area contributed by atoms with Crippen molar-refractivity contribution in [1.29, 1.82) is 0 Å². The van der Waals surface area contributed by atoms with Gasteiger partial charge in [0.1, 0.15) is 6.29 Å². The maximum atomic E-state index is 10.8. The molecule has 0 fully saturated rings. The monoisotopic (exact) mass is 320 g/mol. The van der Waals surface area contributed by atoms with Crippen LogP contribution in [0.4, 0.5) is 0 Å². The van der Waals surface area contributed by atoms with Crippen molar-refractivity contribution in [2.45, 2.75) is 58.5 Å². The van der Waals surface area contributed by atoms with Crippen LogP contribution >= 0.6 is 0 Å². The largest absolute Gasteiger partial charge is 0.377 e. The average Bonchev–Trinajstić information content (AvgIpc) is 2.38. The molecule has 0 N–H and O–H groups in total. The second-order valence-corrected chi connectivity index (χ2v) is 13.7. The highest BCUT2D eigenvalue weighted by atomic mass is 28.3. The number of carbonyl (C=O) groups is 1. The van der Waals surface area contributed by atoms with Gasteiger partial charge in [-0.2, -0.15) is 0 Å². The molecule has 0 aromatic carbocycles. The fourth-order valence-corrected chi connectivity index (χ4v) is 4.06. The minimum atomic E-state index is -1.17. The number of methoxy groups -OCH3 is 1. The van der Waals surface area contributed by atoms with Crippen LogP contribution in [0.1, 0.15) is 27.2 Å². The number of ether oxygens (including phenoxy) is 1. The second-order valence-electron chi connectivity index (χ2n) is 8.35. The Morgan fingerprint density at radius 2 is 1.82 bits per heavy atom. The van der Waals surface area contributed by atoms with Gasteiger partial charge in [0, 0.05) is 24.4 Å². The number of hydrogen-bond donors (Lipinski definition) is 0. The predicted molar refractivity (Wildman–Crippen MR) is 97.9 cm³/mol. The molecule has 0 saturated carbocycles. The summed E-state index contributed by atoms with van der Waals surface area (Å²) >= 11 is 0. The zero-order chi connectivity index (χ0) is 17.0. The van der Waals surface area contributed by atoms with Gasteiger partial charge in [-0.15, -0.1) is 0 Å². The highest BCUT2D eigenvalue weighted by Crippen LogP contribution is 2.36. The van der Waals surface area contributed by atoms with Gasteiger partial charge in [-0.05, 0) is 12.5 Å². The van der Waals surface area contributed by atoms with E-state index < -0.39 is 8.07 Å². The Labute approximate surface area is 137 Å². The van der Waals surface area contributed by atoms with E-state index in [2.05, 4.69) is 76.9 Å². The Bertz CT molecular complexity index is 452. The molecule has 0 saturated heterocycles. The summed E-state index contributed by atoms with van der Waals surface area (Å²) in [6.45, 7) is 13.5. The Balaban J connectivity index is 2.85. The lowest BCUT2D eigenvalue weighted by atomic mass is 9.80. The lowest BCUT2D eigenvalue weighted by molar-refractivity contribution is -0.111. The first-order valence-corrected chi connectivity index (χ1v) is 11.7. The Morgan fingerprint density at radius 3 is 2.23 bits per heavy atom. The van der Waals surface area contributed by atoms with Gasteiger partial charge in [-0.1, -0.05) is 69.9 Å². The van der Waals surface area contributed by atoms with Crippen LogP contribution in [0.15, 0.2) is 36.5 Å². The first-order valence-electron chi connectivity index (χ1n) is 8.08. The number of hydrogen-bond acceptors (Lipinski definition) is 2. The van der Waals surface area contributed by atoms with Crippen LogP contribution in [-0.4, -0.2) is 27.6 Å². The van der Waals surface area contributed by atoms with E-state index >= 15 is 0 Å². The molecular weight excluding hydrogens is 288 g/mol. The third-order valence-electron chi connectivity index (χ3n) is 4.59. The van der Waals surface area contributed by atoms with Crippen LogP contribution in [0.3, 0.4) is 0 Å². The second kappa shape index (κ2) is 7.09. The van der Waals surface area contributed by atoms with E-state index in [1.54, 1.807) is 7.11 Å². The molecule has 3 heteroatoms. The van der Waals surface area contributed by atoms with E-state index in [0.29, 0.717) is 12.0 Å². The molecule has 0 spiro atoms. The normalized spacial score (nSPS) is 27.3. The molecule has 0 aliphatic heterocycles. The maximum Gasteiger partial charge on any atom is 0.120 e. The van der Waals surface area contributed by atoms with Crippen molar-refractivity contribution < 1.29 is 9.53 Å². The summed E-state index contributed by atoms with van der Waals surface area (Å²) in [6.07, 6.45) is 15.0. The summed E-state index contributed by atoms with van der Waals surface area (Å²) in [4.78, 5) is 10.8. The molecule has 1 aliphatic rings. The van der Waals surface area contributed by atoms with Gasteiger partial charge in [0.25, 0.3) is 0 Å². The van der Waals surface area contributed by atoms with Crippen molar-refractivity contribution in [3.8, 4) is 0 Å². The van der Waals surface area contributed by atoms with E-state index in [9.17, 15) is 4.79 Å². The quantitative estimate of drug-likeness (QED) is 0.374. The van der Waals surface area contributed by atoms with Gasteiger partial charge in [0.05, 0.1) is 14.2 Å². The molecule has 1 atom stereocenters. The molecule has 0 bridgehead atoms. The molecule has 0 radical (unpaired) electrons. The van der Waals surface area contributed by atoms with Crippen LogP contribution in [0.5, 0.6) is 0 Å². The molecule has 1 unspecified atom stereocenters. The third-order valence-corrected chi connectivity index (χ3v) is 6.97. The van der Waals surface area contributed by atoms with E-state index in [1.807, 2.05) is 0 Å². The van der Waals surface area contributed by atoms with Gasteiger partial charge in [-0.3, -0.25) is 0 Å². The zero-order valence-electron chi connectivity index (χ0n) is 15.2. The molecule has 0 heterocycles. The van der Waals surface area contributed by atoms with Crippen LogP contribution < -0.4 is 0 Å². The molecule has 0 aromatic rings. The van der Waals surface area contributed by atoms with Crippen molar-refractivity contribution in [2.75, 3.05) is 7.11 Å². The molecule has 1 rings (SSSR count). The number of aldehydes is 1. The van der Waals surface area contributed by atoms with Crippen molar-refractivity contribution in [3.63, 3.8) is 0 Å². The standard InChI is InChI=1S/C19H32O2Si/c1-18(2,14-15-20)17(21-4)10-13-19(3)11-8-16(9-12-19)22(5,6)7/h8-13,15-17H,14H2,1-7H3/b13-10+. The summed E-state index contributed by atoms with van der Waals surface area (Å²) in [7, 11) is 0.534. The number of allylic oxidation sites excluding steroid dienone is 5. The minimum Gasteiger partial charge on any atom is -0.377 e. The summed E-state index contributed by atoms with van der Waals surface area (Å²) in [6, 6.07) is 0. The molecule has 0 aromatic heterocycles. The third kappa shape index (κ3) is 5.06. The molecular formula is C19H32O2Si. The molecule has 22 heavy (non-hydrogen) atoms. The first kappa shape index (κ1) is 19.1. The SMILES string of the molecule is COC(/C=C/C1(C)C=CC([Si](C)(C)C)C=C1)C(C)(C)CC=O. The summed E-state index contributed by atoms with van der Waals surface area (Å²) in [5, 5.41) is 0. The Hall–Kier alpha value is -0.933. The smallest absolute Gasteiger partial charge is 0.120 e. The van der Waals surface area contributed by atoms with E-state index in [1.165, 1.54) is 0 Å². The van der Waals surface area contributed by atoms with E-state index in [-0.39, 0.29) is 16.9 Å². The maximum absolute atomic E-state index is 10.8.